The van der Waals surface area contributed by atoms with E-state index in [0.29, 0.717) is 0 Å². The Balaban J connectivity index is 2.55. The van der Waals surface area contributed by atoms with Crippen LogP contribution < -0.4 is 5.73 Å². The van der Waals surface area contributed by atoms with Crippen molar-refractivity contribution in [3.8, 4) is 0 Å². The van der Waals surface area contributed by atoms with E-state index >= 15 is 0 Å². The highest BCUT2D eigenvalue weighted by atomic mass is 32.2. The molecule has 1 unspecified atom stereocenters. The van der Waals surface area contributed by atoms with Crippen LogP contribution in [0.2, 0.25) is 0 Å². The maximum absolute atomic E-state index is 5.76. The molecule has 0 saturated carbocycles. The van der Waals surface area contributed by atoms with Crippen LogP contribution in [0.15, 0.2) is 23.1 Å². The number of aryl methyl sites for hydroxylation is 1. The molecule has 1 rings (SSSR count). The van der Waals surface area contributed by atoms with E-state index in [9.17, 15) is 0 Å². The molecular formula is C12H19NS. The van der Waals surface area contributed by atoms with Crippen molar-refractivity contribution in [3.05, 3.63) is 23.8 Å². The Morgan fingerprint density at radius 2 is 2.14 bits per heavy atom. The first-order valence-electron chi connectivity index (χ1n) is 5.12. The molecule has 1 aromatic rings. The Morgan fingerprint density at radius 3 is 2.71 bits per heavy atom. The van der Waals surface area contributed by atoms with Crippen LogP contribution in [0.3, 0.4) is 0 Å². The molecule has 0 aliphatic carbocycles. The summed E-state index contributed by atoms with van der Waals surface area (Å²) in [5, 5.41) is 0. The molecule has 0 heterocycles. The van der Waals surface area contributed by atoms with Gasteiger partial charge in [-0.2, -0.15) is 0 Å². The maximum atomic E-state index is 5.76. The molecule has 0 saturated heterocycles. The van der Waals surface area contributed by atoms with E-state index in [2.05, 4.69) is 32.9 Å². The number of thioether (sulfide) groups is 1. The topological polar surface area (TPSA) is 26.0 Å². The van der Waals surface area contributed by atoms with Gasteiger partial charge in [0.05, 0.1) is 0 Å². The van der Waals surface area contributed by atoms with Crippen molar-refractivity contribution in [2.24, 2.45) is 5.92 Å². The van der Waals surface area contributed by atoms with Crippen LogP contribution in [0.25, 0.3) is 0 Å². The summed E-state index contributed by atoms with van der Waals surface area (Å²) in [6.45, 7) is 6.58. The Labute approximate surface area is 91.1 Å². The highest BCUT2D eigenvalue weighted by Gasteiger charge is 2.01. The molecule has 1 aromatic carbocycles. The van der Waals surface area contributed by atoms with Gasteiger partial charge in [0.2, 0.25) is 0 Å². The Kier molecular flexibility index (Phi) is 4.33. The van der Waals surface area contributed by atoms with Gasteiger partial charge < -0.3 is 5.73 Å². The zero-order valence-electron chi connectivity index (χ0n) is 9.21. The number of hydrogen-bond donors (Lipinski definition) is 1. The largest absolute Gasteiger partial charge is 0.399 e. The molecule has 1 nitrogen and oxygen atoms in total. The summed E-state index contributed by atoms with van der Waals surface area (Å²) < 4.78 is 0. The summed E-state index contributed by atoms with van der Waals surface area (Å²) in [5.41, 5.74) is 7.83. The molecule has 0 aromatic heterocycles. The van der Waals surface area contributed by atoms with Crippen molar-refractivity contribution in [3.63, 3.8) is 0 Å². The third kappa shape index (κ3) is 3.26. The molecule has 0 fully saturated rings. The predicted molar refractivity (Wildman–Crippen MR) is 65.8 cm³/mol. The van der Waals surface area contributed by atoms with E-state index in [1.54, 1.807) is 0 Å². The summed E-state index contributed by atoms with van der Waals surface area (Å²) in [4.78, 5) is 1.33. The number of rotatable bonds is 4. The van der Waals surface area contributed by atoms with Gasteiger partial charge in [0, 0.05) is 16.3 Å². The van der Waals surface area contributed by atoms with E-state index in [0.717, 1.165) is 11.6 Å². The fourth-order valence-corrected chi connectivity index (χ4v) is 2.23. The molecule has 14 heavy (non-hydrogen) atoms. The predicted octanol–water partition coefficient (Wildman–Crippen LogP) is 3.72. The molecular weight excluding hydrogens is 190 g/mol. The SMILES string of the molecule is CCC(C)CSc1ccc(N)c(C)c1. The number of nitrogen functional groups attached to an aromatic ring is 1. The minimum atomic E-state index is 0.790. The molecule has 2 N–H and O–H groups in total. The monoisotopic (exact) mass is 209 g/mol. The lowest BCUT2D eigenvalue weighted by Crippen LogP contribution is -1.95. The second kappa shape index (κ2) is 5.30. The number of benzene rings is 1. The zero-order chi connectivity index (χ0) is 10.6. The molecule has 0 aliphatic rings. The minimum absolute atomic E-state index is 0.790. The van der Waals surface area contributed by atoms with Crippen LogP contribution in [0, 0.1) is 12.8 Å². The van der Waals surface area contributed by atoms with Crippen LogP contribution in [0.1, 0.15) is 25.8 Å². The van der Waals surface area contributed by atoms with Gasteiger partial charge in [0.1, 0.15) is 0 Å². The molecule has 1 atom stereocenters. The molecule has 0 radical (unpaired) electrons. The second-order valence-electron chi connectivity index (χ2n) is 3.84. The van der Waals surface area contributed by atoms with E-state index in [4.69, 9.17) is 5.73 Å². The Morgan fingerprint density at radius 1 is 1.43 bits per heavy atom. The molecule has 0 aliphatic heterocycles. The maximum Gasteiger partial charge on any atom is 0.0344 e. The fourth-order valence-electron chi connectivity index (χ4n) is 1.09. The fraction of sp³-hybridized carbons (Fsp3) is 0.500. The Bertz CT molecular complexity index is 296. The normalized spacial score (nSPS) is 12.8. The third-order valence-corrected chi connectivity index (χ3v) is 3.80. The number of hydrogen-bond acceptors (Lipinski definition) is 2. The number of nitrogens with two attached hydrogens (primary N) is 1. The highest BCUT2D eigenvalue weighted by molar-refractivity contribution is 7.99. The van der Waals surface area contributed by atoms with Gasteiger partial charge in [0.25, 0.3) is 0 Å². The van der Waals surface area contributed by atoms with Crippen LogP contribution in [-0.2, 0) is 0 Å². The first-order valence-corrected chi connectivity index (χ1v) is 6.11. The van der Waals surface area contributed by atoms with Crippen molar-refractivity contribution in [2.45, 2.75) is 32.1 Å². The Hall–Kier alpha value is -0.630. The highest BCUT2D eigenvalue weighted by Crippen LogP contribution is 2.24. The summed E-state index contributed by atoms with van der Waals surface area (Å²) in [6, 6.07) is 6.27. The van der Waals surface area contributed by atoms with Gasteiger partial charge in [-0.05, 0) is 36.6 Å². The van der Waals surface area contributed by atoms with Gasteiger partial charge in [0.15, 0.2) is 0 Å². The van der Waals surface area contributed by atoms with Crippen LogP contribution in [0.4, 0.5) is 5.69 Å². The summed E-state index contributed by atoms with van der Waals surface area (Å²) in [5.74, 6) is 1.98. The summed E-state index contributed by atoms with van der Waals surface area (Å²) in [7, 11) is 0. The average molecular weight is 209 g/mol. The van der Waals surface area contributed by atoms with Gasteiger partial charge in [-0.25, -0.2) is 0 Å². The van der Waals surface area contributed by atoms with E-state index in [-0.39, 0.29) is 0 Å². The van der Waals surface area contributed by atoms with Crippen molar-refractivity contribution >= 4 is 17.4 Å². The van der Waals surface area contributed by atoms with Gasteiger partial charge in [-0.3, -0.25) is 0 Å². The van der Waals surface area contributed by atoms with Crippen molar-refractivity contribution in [1.82, 2.24) is 0 Å². The van der Waals surface area contributed by atoms with Crippen LogP contribution >= 0.6 is 11.8 Å². The summed E-state index contributed by atoms with van der Waals surface area (Å²) >= 11 is 1.92. The van der Waals surface area contributed by atoms with Crippen LogP contribution in [-0.4, -0.2) is 5.75 Å². The van der Waals surface area contributed by atoms with Crippen molar-refractivity contribution in [2.75, 3.05) is 11.5 Å². The number of anilines is 1. The van der Waals surface area contributed by atoms with Gasteiger partial charge >= 0.3 is 0 Å². The average Bonchev–Trinajstić information content (AvgIpc) is 2.19. The molecule has 0 bridgehead atoms. The first-order chi connectivity index (χ1) is 6.63. The molecule has 78 valence electrons. The summed E-state index contributed by atoms with van der Waals surface area (Å²) in [6.07, 6.45) is 1.25. The lowest BCUT2D eigenvalue weighted by Gasteiger charge is -2.08. The minimum Gasteiger partial charge on any atom is -0.399 e. The van der Waals surface area contributed by atoms with Crippen LogP contribution in [0.5, 0.6) is 0 Å². The molecule has 2 heteroatoms. The first kappa shape index (κ1) is 11.4. The second-order valence-corrected chi connectivity index (χ2v) is 4.94. The zero-order valence-corrected chi connectivity index (χ0v) is 10.0. The van der Waals surface area contributed by atoms with Crippen molar-refractivity contribution in [1.29, 1.82) is 0 Å². The quantitative estimate of drug-likeness (QED) is 0.604. The van der Waals surface area contributed by atoms with E-state index in [1.807, 2.05) is 17.8 Å². The smallest absolute Gasteiger partial charge is 0.0344 e. The van der Waals surface area contributed by atoms with Gasteiger partial charge in [-0.15, -0.1) is 11.8 Å². The van der Waals surface area contributed by atoms with E-state index in [1.165, 1.54) is 22.6 Å². The standard InChI is InChI=1S/C12H19NS/c1-4-9(2)8-14-11-5-6-12(13)10(3)7-11/h5-7,9H,4,8,13H2,1-3H3. The van der Waals surface area contributed by atoms with E-state index < -0.39 is 0 Å². The molecule has 0 spiro atoms. The van der Waals surface area contributed by atoms with Crippen molar-refractivity contribution < 1.29 is 0 Å². The van der Waals surface area contributed by atoms with Gasteiger partial charge in [-0.1, -0.05) is 20.3 Å². The molecule has 0 amide bonds. The lowest BCUT2D eigenvalue weighted by atomic mass is 10.2. The third-order valence-electron chi connectivity index (χ3n) is 2.47. The lowest BCUT2D eigenvalue weighted by molar-refractivity contribution is 0.637.